The van der Waals surface area contributed by atoms with Crippen LogP contribution >= 0.6 is 27.3 Å². The van der Waals surface area contributed by atoms with Crippen LogP contribution in [0.3, 0.4) is 0 Å². The number of ether oxygens (including phenoxy) is 3. The maximum atomic E-state index is 13.8. The Labute approximate surface area is 230 Å². The molecule has 1 aliphatic heterocycles. The van der Waals surface area contributed by atoms with Gasteiger partial charge >= 0.3 is 5.97 Å². The third-order valence-electron chi connectivity index (χ3n) is 6.19. The Hall–Kier alpha value is -3.89. The summed E-state index contributed by atoms with van der Waals surface area (Å²) in [5.74, 6) is 1.67. The zero-order chi connectivity index (χ0) is 27.0. The first-order chi connectivity index (χ1) is 18.3. The van der Waals surface area contributed by atoms with Crippen molar-refractivity contribution in [1.82, 2.24) is 4.57 Å². The number of furan rings is 1. The molecule has 0 radical (unpaired) electrons. The first-order valence-electron chi connectivity index (χ1n) is 11.5. The van der Waals surface area contributed by atoms with Crippen molar-refractivity contribution < 1.29 is 23.4 Å². The highest BCUT2D eigenvalue weighted by Gasteiger charge is 2.35. The van der Waals surface area contributed by atoms with Gasteiger partial charge in [-0.25, -0.2) is 9.79 Å². The summed E-state index contributed by atoms with van der Waals surface area (Å²) in [6.45, 7) is 1.73. The van der Waals surface area contributed by atoms with Gasteiger partial charge in [0.1, 0.15) is 29.1 Å². The fourth-order valence-electron chi connectivity index (χ4n) is 4.36. The first-order valence-corrected chi connectivity index (χ1v) is 13.1. The second-order valence-corrected chi connectivity index (χ2v) is 10.3. The van der Waals surface area contributed by atoms with Crippen molar-refractivity contribution in [2.45, 2.75) is 13.0 Å². The summed E-state index contributed by atoms with van der Waals surface area (Å²) < 4.78 is 24.9. The molecular weight excluding hydrogens is 572 g/mol. The highest BCUT2D eigenvalue weighted by molar-refractivity contribution is 9.10. The maximum Gasteiger partial charge on any atom is 0.338 e. The summed E-state index contributed by atoms with van der Waals surface area (Å²) in [5.41, 5.74) is 1.92. The van der Waals surface area contributed by atoms with Crippen LogP contribution < -0.4 is 24.4 Å². The van der Waals surface area contributed by atoms with Crippen LogP contribution in [0.5, 0.6) is 11.5 Å². The Kier molecular flexibility index (Phi) is 7.09. The van der Waals surface area contributed by atoms with Crippen molar-refractivity contribution >= 4 is 39.3 Å². The molecule has 1 aliphatic rings. The molecule has 0 N–H and O–H groups in total. The lowest BCUT2D eigenvalue weighted by atomic mass is 9.95. The van der Waals surface area contributed by atoms with Crippen molar-refractivity contribution in [3.63, 3.8) is 0 Å². The third kappa shape index (κ3) is 4.61. The second kappa shape index (κ2) is 10.5. The third-order valence-corrected chi connectivity index (χ3v) is 7.70. The van der Waals surface area contributed by atoms with Crippen LogP contribution in [0.25, 0.3) is 17.4 Å². The average Bonchev–Trinajstić information content (AvgIpc) is 3.51. The monoisotopic (exact) mass is 594 g/mol. The molecule has 0 aliphatic carbocycles. The lowest BCUT2D eigenvalue weighted by Crippen LogP contribution is -2.40. The quantitative estimate of drug-likeness (QED) is 0.306. The fraction of sp³-hybridized carbons (Fsp3) is 0.179. The van der Waals surface area contributed by atoms with Crippen LogP contribution in [0.15, 0.2) is 84.5 Å². The van der Waals surface area contributed by atoms with Crippen molar-refractivity contribution in [1.29, 1.82) is 0 Å². The molecule has 5 rings (SSSR count). The smallest absolute Gasteiger partial charge is 0.338 e. The van der Waals surface area contributed by atoms with Gasteiger partial charge in [0, 0.05) is 27.7 Å². The van der Waals surface area contributed by atoms with Crippen LogP contribution in [0.2, 0.25) is 0 Å². The van der Waals surface area contributed by atoms with Gasteiger partial charge in [-0.05, 0) is 43.3 Å². The molecule has 8 nitrogen and oxygen atoms in total. The molecule has 38 heavy (non-hydrogen) atoms. The average molecular weight is 595 g/mol. The van der Waals surface area contributed by atoms with E-state index in [4.69, 9.17) is 18.6 Å². The molecule has 4 aromatic rings. The molecular formula is C28H23BrN2O6S. The minimum Gasteiger partial charge on any atom is -0.497 e. The largest absolute Gasteiger partial charge is 0.497 e. The van der Waals surface area contributed by atoms with Crippen LogP contribution in [-0.2, 0) is 9.53 Å². The number of hydrogen-bond donors (Lipinski definition) is 0. The standard InChI is InChI=1S/C28H23BrN2O6S/c1-15-24(27(33)36-4)25(20-11-9-18(34-2)13-22(20)35-3)31-26(32)23(38-28(31)30-15)14-19-10-12-21(37-19)16-5-7-17(29)8-6-16/h5-14,25H,1-4H3/b23-14-. The first kappa shape index (κ1) is 25.7. The van der Waals surface area contributed by atoms with Gasteiger partial charge in [-0.1, -0.05) is 39.4 Å². The number of allylic oxidation sites excluding steroid dienone is 1. The zero-order valence-corrected chi connectivity index (χ0v) is 23.4. The Morgan fingerprint density at radius 1 is 1.08 bits per heavy atom. The predicted octanol–water partition coefficient (Wildman–Crippen LogP) is 4.45. The lowest BCUT2D eigenvalue weighted by Gasteiger charge is -2.25. The minimum absolute atomic E-state index is 0.255. The second-order valence-electron chi connectivity index (χ2n) is 8.39. The van der Waals surface area contributed by atoms with E-state index in [9.17, 15) is 9.59 Å². The van der Waals surface area contributed by atoms with E-state index in [1.54, 1.807) is 38.3 Å². The number of nitrogens with zero attached hydrogens (tertiary/aromatic N) is 2. The summed E-state index contributed by atoms with van der Waals surface area (Å²) in [7, 11) is 4.38. The molecule has 0 fully saturated rings. The molecule has 0 saturated carbocycles. The van der Waals surface area contributed by atoms with E-state index in [-0.39, 0.29) is 11.1 Å². The molecule has 10 heteroatoms. The molecule has 2 aromatic heterocycles. The van der Waals surface area contributed by atoms with Gasteiger partial charge in [0.05, 0.1) is 37.1 Å². The SMILES string of the molecule is COC(=O)C1=C(C)N=c2s/c(=C\c3ccc(-c4ccc(Br)cc4)o3)c(=O)n2C1c1ccc(OC)cc1OC. The van der Waals surface area contributed by atoms with Crippen molar-refractivity contribution in [3.05, 3.63) is 101 Å². The number of carbonyl (C=O) groups is 1. The van der Waals surface area contributed by atoms with E-state index in [2.05, 4.69) is 20.9 Å². The van der Waals surface area contributed by atoms with Crippen LogP contribution in [0, 0.1) is 0 Å². The summed E-state index contributed by atoms with van der Waals surface area (Å²) in [4.78, 5) is 31.8. The van der Waals surface area contributed by atoms with Gasteiger partial charge in [-0.2, -0.15) is 0 Å². The molecule has 1 unspecified atom stereocenters. The van der Waals surface area contributed by atoms with Gasteiger partial charge in [-0.3, -0.25) is 9.36 Å². The Morgan fingerprint density at radius 2 is 1.84 bits per heavy atom. The summed E-state index contributed by atoms with van der Waals surface area (Å²) in [6.07, 6.45) is 1.69. The minimum atomic E-state index is -0.809. The van der Waals surface area contributed by atoms with E-state index >= 15 is 0 Å². The number of benzene rings is 2. The summed E-state index contributed by atoms with van der Waals surface area (Å²) in [6, 6.07) is 15.9. The molecule has 0 bridgehead atoms. The van der Waals surface area contributed by atoms with Gasteiger partial charge in [0.2, 0.25) is 0 Å². The molecule has 0 amide bonds. The van der Waals surface area contributed by atoms with Crippen LogP contribution in [0.4, 0.5) is 0 Å². The summed E-state index contributed by atoms with van der Waals surface area (Å²) >= 11 is 4.65. The Balaban J connectivity index is 1.67. The number of hydrogen-bond acceptors (Lipinski definition) is 8. The highest BCUT2D eigenvalue weighted by atomic mass is 79.9. The van der Waals surface area contributed by atoms with Crippen molar-refractivity contribution in [2.75, 3.05) is 21.3 Å². The van der Waals surface area contributed by atoms with Gasteiger partial charge in [0.25, 0.3) is 5.56 Å². The lowest BCUT2D eigenvalue weighted by molar-refractivity contribution is -0.136. The number of methoxy groups -OCH3 is 3. The van der Waals surface area contributed by atoms with E-state index in [1.165, 1.54) is 30.1 Å². The Bertz CT molecular complexity index is 1750. The van der Waals surface area contributed by atoms with Crippen molar-refractivity contribution in [2.24, 2.45) is 4.99 Å². The number of esters is 1. The normalized spacial score (nSPS) is 15.2. The summed E-state index contributed by atoms with van der Waals surface area (Å²) in [5, 5.41) is 0. The zero-order valence-electron chi connectivity index (χ0n) is 21.0. The number of halogens is 1. The maximum absolute atomic E-state index is 13.8. The molecule has 0 saturated heterocycles. The van der Waals surface area contributed by atoms with Gasteiger partial charge in [-0.15, -0.1) is 0 Å². The number of aromatic nitrogens is 1. The predicted molar refractivity (Wildman–Crippen MR) is 147 cm³/mol. The molecule has 1 atom stereocenters. The van der Waals surface area contributed by atoms with E-state index in [0.717, 1.165) is 10.0 Å². The van der Waals surface area contributed by atoms with Crippen LogP contribution in [0.1, 0.15) is 24.3 Å². The molecule has 0 spiro atoms. The molecule has 2 aromatic carbocycles. The van der Waals surface area contributed by atoms with Gasteiger partial charge in [0.15, 0.2) is 4.80 Å². The fourth-order valence-corrected chi connectivity index (χ4v) is 5.65. The molecule has 3 heterocycles. The van der Waals surface area contributed by atoms with Gasteiger partial charge < -0.3 is 18.6 Å². The Morgan fingerprint density at radius 3 is 2.53 bits per heavy atom. The highest BCUT2D eigenvalue weighted by Crippen LogP contribution is 2.37. The number of thiazole rings is 1. The van der Waals surface area contributed by atoms with Crippen molar-refractivity contribution in [3.8, 4) is 22.8 Å². The van der Waals surface area contributed by atoms with E-state index in [1.807, 2.05) is 36.4 Å². The molecule has 194 valence electrons. The number of carbonyl (C=O) groups excluding carboxylic acids is 1. The van der Waals surface area contributed by atoms with E-state index in [0.29, 0.717) is 43.6 Å². The van der Waals surface area contributed by atoms with Crippen LogP contribution in [-0.4, -0.2) is 31.9 Å². The number of fused-ring (bicyclic) bond motifs is 1. The van der Waals surface area contributed by atoms with E-state index < -0.39 is 12.0 Å². The topological polar surface area (TPSA) is 92.3 Å². The number of rotatable bonds is 6.